The molecule has 1 N–H and O–H groups in total. The molecule has 0 aromatic heterocycles. The molecule has 2 aromatic carbocycles. The molecule has 27 heavy (non-hydrogen) atoms. The monoisotopic (exact) mass is 386 g/mol. The molecule has 6 nitrogen and oxygen atoms in total. The Morgan fingerprint density at radius 3 is 2.63 bits per heavy atom. The van der Waals surface area contributed by atoms with E-state index in [0.29, 0.717) is 10.8 Å². The lowest BCUT2D eigenvalue weighted by Gasteiger charge is -2.13. The van der Waals surface area contributed by atoms with Crippen molar-refractivity contribution in [3.8, 4) is 11.8 Å². The maximum atomic E-state index is 11.9. The predicted octanol–water partition coefficient (Wildman–Crippen LogP) is 3.90. The normalized spacial score (nSPS) is 10.2. The van der Waals surface area contributed by atoms with Crippen molar-refractivity contribution in [3.05, 3.63) is 58.6 Å². The summed E-state index contributed by atoms with van der Waals surface area (Å²) in [6, 6.07) is 13.8. The van der Waals surface area contributed by atoms with Gasteiger partial charge in [0.2, 0.25) is 0 Å². The summed E-state index contributed by atoms with van der Waals surface area (Å²) < 4.78 is 10.4. The molecular formula is C20H19ClN2O4. The first-order valence-corrected chi connectivity index (χ1v) is 8.65. The van der Waals surface area contributed by atoms with Gasteiger partial charge in [0.15, 0.2) is 13.2 Å². The van der Waals surface area contributed by atoms with Crippen LogP contribution in [0.15, 0.2) is 42.5 Å². The van der Waals surface area contributed by atoms with Crippen molar-refractivity contribution in [3.63, 3.8) is 0 Å². The molecule has 0 atom stereocenters. The van der Waals surface area contributed by atoms with Crippen molar-refractivity contribution < 1.29 is 19.1 Å². The minimum atomic E-state index is -0.671. The van der Waals surface area contributed by atoms with Crippen molar-refractivity contribution in [2.45, 2.75) is 19.8 Å². The number of rotatable bonds is 7. The molecule has 0 bridgehead atoms. The number of ether oxygens (including phenoxy) is 2. The van der Waals surface area contributed by atoms with E-state index >= 15 is 0 Å². The average Bonchev–Trinajstić information content (AvgIpc) is 2.65. The maximum Gasteiger partial charge on any atom is 0.344 e. The minimum absolute atomic E-state index is 0.245. The number of halogens is 1. The average molecular weight is 387 g/mol. The van der Waals surface area contributed by atoms with Crippen molar-refractivity contribution in [2.75, 3.05) is 18.5 Å². The topological polar surface area (TPSA) is 88.4 Å². The van der Waals surface area contributed by atoms with E-state index in [9.17, 15) is 9.59 Å². The highest BCUT2D eigenvalue weighted by atomic mass is 35.5. The van der Waals surface area contributed by atoms with Gasteiger partial charge in [0.1, 0.15) is 11.8 Å². The van der Waals surface area contributed by atoms with Crippen molar-refractivity contribution in [1.82, 2.24) is 0 Å². The Kier molecular flexibility index (Phi) is 7.21. The molecule has 0 aliphatic heterocycles. The Bertz CT molecular complexity index is 875. The number of amides is 1. The summed E-state index contributed by atoms with van der Waals surface area (Å²) in [5.41, 5.74) is 1.49. The summed E-state index contributed by atoms with van der Waals surface area (Å²) in [7, 11) is 0. The van der Waals surface area contributed by atoms with Crippen LogP contribution >= 0.6 is 11.6 Å². The first-order chi connectivity index (χ1) is 12.9. The minimum Gasteiger partial charge on any atom is -0.482 e. The van der Waals surface area contributed by atoms with E-state index in [2.05, 4.69) is 5.32 Å². The second-order valence-corrected chi connectivity index (χ2v) is 6.43. The van der Waals surface area contributed by atoms with Gasteiger partial charge >= 0.3 is 5.97 Å². The molecule has 1 amide bonds. The second-order valence-electron chi connectivity index (χ2n) is 5.99. The molecule has 140 valence electrons. The lowest BCUT2D eigenvalue weighted by atomic mass is 10.0. The summed E-state index contributed by atoms with van der Waals surface area (Å²) in [6.45, 7) is 3.25. The molecule has 2 rings (SSSR count). The maximum absolute atomic E-state index is 11.9. The van der Waals surface area contributed by atoms with Crippen LogP contribution in [0.3, 0.4) is 0 Å². The fraction of sp³-hybridized carbons (Fsp3) is 0.250. The number of carbonyl (C=O) groups excluding carboxylic acids is 2. The summed E-state index contributed by atoms with van der Waals surface area (Å²) in [6.07, 6.45) is 0. The van der Waals surface area contributed by atoms with Gasteiger partial charge in [0, 0.05) is 5.02 Å². The number of anilines is 1. The van der Waals surface area contributed by atoms with Gasteiger partial charge in [0.25, 0.3) is 5.91 Å². The number of esters is 1. The van der Waals surface area contributed by atoms with E-state index in [-0.39, 0.29) is 23.8 Å². The van der Waals surface area contributed by atoms with Gasteiger partial charge in [-0.3, -0.25) is 4.79 Å². The van der Waals surface area contributed by atoms with E-state index < -0.39 is 18.5 Å². The van der Waals surface area contributed by atoms with Crippen LogP contribution in [0.4, 0.5) is 5.69 Å². The van der Waals surface area contributed by atoms with Gasteiger partial charge in [-0.15, -0.1) is 0 Å². The van der Waals surface area contributed by atoms with E-state index in [0.717, 1.165) is 5.56 Å². The zero-order chi connectivity index (χ0) is 19.8. The van der Waals surface area contributed by atoms with Gasteiger partial charge in [-0.05, 0) is 35.7 Å². The fourth-order valence-electron chi connectivity index (χ4n) is 2.32. The van der Waals surface area contributed by atoms with Crippen LogP contribution in [0.2, 0.25) is 5.02 Å². The van der Waals surface area contributed by atoms with Crippen LogP contribution in [0.25, 0.3) is 0 Å². The van der Waals surface area contributed by atoms with Gasteiger partial charge in [-0.25, -0.2) is 4.79 Å². The van der Waals surface area contributed by atoms with Crippen molar-refractivity contribution in [1.29, 1.82) is 5.26 Å². The second kappa shape index (κ2) is 9.60. The molecule has 0 unspecified atom stereocenters. The number of benzene rings is 2. The van der Waals surface area contributed by atoms with Gasteiger partial charge in [0.05, 0.1) is 11.3 Å². The van der Waals surface area contributed by atoms with Gasteiger partial charge < -0.3 is 14.8 Å². The van der Waals surface area contributed by atoms with Crippen LogP contribution in [0.5, 0.6) is 5.75 Å². The molecule has 2 aromatic rings. The molecule has 0 spiro atoms. The zero-order valence-electron chi connectivity index (χ0n) is 15.0. The highest BCUT2D eigenvalue weighted by Gasteiger charge is 2.13. The molecule has 0 saturated carbocycles. The first-order valence-electron chi connectivity index (χ1n) is 8.27. The molecule has 0 heterocycles. The molecule has 0 aliphatic carbocycles. The highest BCUT2D eigenvalue weighted by molar-refractivity contribution is 6.31. The Hall–Kier alpha value is -3.04. The molecule has 7 heteroatoms. The van der Waals surface area contributed by atoms with Crippen LogP contribution < -0.4 is 10.1 Å². The number of nitrogens with one attached hydrogen (secondary N) is 1. The molecule has 0 saturated heterocycles. The van der Waals surface area contributed by atoms with E-state index in [1.807, 2.05) is 38.1 Å². The number of para-hydroxylation sites is 1. The number of nitrogens with zero attached hydrogens (tertiary/aromatic N) is 1. The third kappa shape index (κ3) is 6.01. The first kappa shape index (κ1) is 20.3. The molecule has 0 fully saturated rings. The van der Waals surface area contributed by atoms with Gasteiger partial charge in [-0.2, -0.15) is 5.26 Å². The smallest absolute Gasteiger partial charge is 0.344 e. The van der Waals surface area contributed by atoms with Crippen LogP contribution in [0.1, 0.15) is 30.9 Å². The zero-order valence-corrected chi connectivity index (χ0v) is 15.7. The summed E-state index contributed by atoms with van der Waals surface area (Å²) in [5.74, 6) is -0.401. The Morgan fingerprint density at radius 2 is 1.93 bits per heavy atom. The van der Waals surface area contributed by atoms with Crippen LogP contribution in [-0.4, -0.2) is 25.1 Å². The van der Waals surface area contributed by atoms with E-state index in [1.54, 1.807) is 12.1 Å². The summed E-state index contributed by atoms with van der Waals surface area (Å²) in [4.78, 5) is 23.8. The molecule has 0 radical (unpaired) electrons. The van der Waals surface area contributed by atoms with Crippen LogP contribution in [-0.2, 0) is 14.3 Å². The third-order valence-corrected chi connectivity index (χ3v) is 3.86. The highest BCUT2D eigenvalue weighted by Crippen LogP contribution is 2.25. The lowest BCUT2D eigenvalue weighted by molar-refractivity contribution is -0.149. The Morgan fingerprint density at radius 1 is 1.19 bits per heavy atom. The fourth-order valence-corrected chi connectivity index (χ4v) is 2.49. The Balaban J connectivity index is 1.85. The van der Waals surface area contributed by atoms with E-state index in [1.165, 1.54) is 12.1 Å². The largest absolute Gasteiger partial charge is 0.482 e. The number of hydrogen-bond donors (Lipinski definition) is 1. The van der Waals surface area contributed by atoms with Crippen LogP contribution in [0, 0.1) is 11.3 Å². The van der Waals surface area contributed by atoms with E-state index in [4.69, 9.17) is 26.3 Å². The summed E-state index contributed by atoms with van der Waals surface area (Å²) >= 11 is 5.86. The van der Waals surface area contributed by atoms with Crippen molar-refractivity contribution in [2.24, 2.45) is 0 Å². The SMILES string of the molecule is CC(C)c1ccccc1OCC(=O)OCC(=O)Nc1cc(Cl)ccc1C#N. The van der Waals surface area contributed by atoms with Gasteiger partial charge in [-0.1, -0.05) is 43.6 Å². The summed E-state index contributed by atoms with van der Waals surface area (Å²) in [5, 5.41) is 11.9. The number of carbonyl (C=O) groups is 2. The number of nitriles is 1. The number of hydrogen-bond acceptors (Lipinski definition) is 5. The lowest BCUT2D eigenvalue weighted by Crippen LogP contribution is -2.24. The predicted molar refractivity (Wildman–Crippen MR) is 102 cm³/mol. The molecular weight excluding hydrogens is 368 g/mol. The third-order valence-electron chi connectivity index (χ3n) is 3.63. The quantitative estimate of drug-likeness (QED) is 0.729. The standard InChI is InChI=1S/C20H19ClN2O4/c1-13(2)16-5-3-4-6-18(16)26-12-20(25)27-11-19(24)23-17-9-15(21)8-7-14(17)10-22/h3-9,13H,11-12H2,1-2H3,(H,23,24). The van der Waals surface area contributed by atoms with Crippen molar-refractivity contribution >= 4 is 29.2 Å². The Labute approximate surface area is 162 Å². The molecule has 0 aliphatic rings.